The Bertz CT molecular complexity index is 1360. The first-order valence-electron chi connectivity index (χ1n) is 11.7. The summed E-state index contributed by atoms with van der Waals surface area (Å²) in [7, 11) is 1.43. The predicted molar refractivity (Wildman–Crippen MR) is 133 cm³/mol. The normalized spacial score (nSPS) is 20.9. The van der Waals surface area contributed by atoms with Crippen LogP contribution in [0.15, 0.2) is 29.2 Å². The maximum atomic E-state index is 12.9. The van der Waals surface area contributed by atoms with Crippen LogP contribution in [-0.2, 0) is 16.1 Å². The lowest BCUT2D eigenvalue weighted by Gasteiger charge is -2.31. The Hall–Kier alpha value is -3.52. The molecular formula is C24H31N5O8. The number of aromatic amines is 1. The number of nitrogens with one attached hydrogen (secondary N) is 1. The highest BCUT2D eigenvalue weighted by atomic mass is 16.6. The van der Waals surface area contributed by atoms with Crippen LogP contribution in [0.25, 0.3) is 11.0 Å². The zero-order valence-corrected chi connectivity index (χ0v) is 21.0. The van der Waals surface area contributed by atoms with Crippen LogP contribution >= 0.6 is 0 Å². The quantitative estimate of drug-likeness (QED) is 0.255. The highest BCUT2D eigenvalue weighted by Gasteiger charge is 2.37. The minimum absolute atomic E-state index is 0.0813. The summed E-state index contributed by atoms with van der Waals surface area (Å²) in [6.07, 6.45) is -1.29. The molecular weight excluding hydrogens is 486 g/mol. The van der Waals surface area contributed by atoms with E-state index in [0.717, 1.165) is 0 Å². The number of methoxy groups -OCH3 is 1. The van der Waals surface area contributed by atoms with Crippen molar-refractivity contribution in [3.05, 3.63) is 56.0 Å². The van der Waals surface area contributed by atoms with Gasteiger partial charge in [-0.25, -0.2) is 0 Å². The van der Waals surface area contributed by atoms with E-state index in [-0.39, 0.29) is 42.3 Å². The number of aliphatic hydroxyl groups is 2. The van der Waals surface area contributed by atoms with Crippen molar-refractivity contribution in [3.63, 3.8) is 0 Å². The van der Waals surface area contributed by atoms with Crippen LogP contribution in [0.1, 0.15) is 50.7 Å². The van der Waals surface area contributed by atoms with Crippen molar-refractivity contribution in [2.45, 2.75) is 58.3 Å². The molecule has 1 aromatic carbocycles. The summed E-state index contributed by atoms with van der Waals surface area (Å²) < 4.78 is 18.8. The number of nitrogens with two attached hydrogens (primary N) is 1. The maximum Gasteiger partial charge on any atom is 0.278 e. The van der Waals surface area contributed by atoms with E-state index < -0.39 is 40.4 Å². The lowest BCUT2D eigenvalue weighted by atomic mass is 9.84. The number of nitrogen functional groups attached to an aromatic ring is 1. The molecule has 1 aliphatic rings. The molecule has 4 rings (SSSR count). The van der Waals surface area contributed by atoms with Crippen LogP contribution in [0.4, 0.5) is 11.6 Å². The highest BCUT2D eigenvalue weighted by Crippen LogP contribution is 2.42. The number of rotatable bonds is 8. The molecule has 13 nitrogen and oxygen atoms in total. The van der Waals surface area contributed by atoms with E-state index in [1.807, 2.05) is 20.8 Å². The van der Waals surface area contributed by atoms with Crippen molar-refractivity contribution >= 4 is 22.7 Å². The first kappa shape index (κ1) is 26.5. The molecule has 4 atom stereocenters. The first-order valence-corrected chi connectivity index (χ1v) is 11.7. The van der Waals surface area contributed by atoms with Crippen molar-refractivity contribution in [1.82, 2.24) is 14.5 Å². The average Bonchev–Trinajstić information content (AvgIpc) is 3.38. The van der Waals surface area contributed by atoms with Gasteiger partial charge in [0.1, 0.15) is 18.1 Å². The topological polar surface area (TPSA) is 188 Å². The van der Waals surface area contributed by atoms with E-state index >= 15 is 0 Å². The van der Waals surface area contributed by atoms with Gasteiger partial charge in [0.2, 0.25) is 5.95 Å². The van der Waals surface area contributed by atoms with Gasteiger partial charge in [-0.05, 0) is 17.5 Å². The molecule has 0 saturated carbocycles. The number of aromatic nitrogens is 3. The van der Waals surface area contributed by atoms with Gasteiger partial charge in [-0.2, -0.15) is 4.98 Å². The Balaban J connectivity index is 1.74. The number of fused-ring (bicyclic) bond motifs is 1. The van der Waals surface area contributed by atoms with Gasteiger partial charge in [0.05, 0.1) is 54.5 Å². The summed E-state index contributed by atoms with van der Waals surface area (Å²) in [4.78, 5) is 31.0. The van der Waals surface area contributed by atoms with Gasteiger partial charge in [-0.1, -0.05) is 20.8 Å². The van der Waals surface area contributed by atoms with Gasteiger partial charge >= 0.3 is 0 Å². The second-order valence-electron chi connectivity index (χ2n) is 10.1. The van der Waals surface area contributed by atoms with Crippen LogP contribution in [0.3, 0.4) is 0 Å². The van der Waals surface area contributed by atoms with Gasteiger partial charge in [0.25, 0.3) is 11.2 Å². The molecule has 3 aromatic rings. The molecule has 1 fully saturated rings. The number of nitro groups is 1. The number of ether oxygens (including phenoxy) is 3. The van der Waals surface area contributed by atoms with Gasteiger partial charge < -0.3 is 34.7 Å². The lowest BCUT2D eigenvalue weighted by Crippen LogP contribution is -2.24. The Morgan fingerprint density at radius 3 is 2.73 bits per heavy atom. The van der Waals surface area contributed by atoms with Crippen molar-refractivity contribution in [3.8, 4) is 5.75 Å². The van der Waals surface area contributed by atoms with Crippen LogP contribution in [0, 0.1) is 15.5 Å². The van der Waals surface area contributed by atoms with Crippen LogP contribution in [-0.4, -0.2) is 55.6 Å². The monoisotopic (exact) mass is 517 g/mol. The second kappa shape index (κ2) is 10.1. The third-order valence-electron chi connectivity index (χ3n) is 6.38. The van der Waals surface area contributed by atoms with Crippen LogP contribution < -0.4 is 16.0 Å². The van der Waals surface area contributed by atoms with E-state index in [9.17, 15) is 25.1 Å². The molecule has 13 heteroatoms. The number of nitro benzene ring substituents is 1. The molecule has 200 valence electrons. The number of hydrogen-bond acceptors (Lipinski definition) is 10. The molecule has 5 N–H and O–H groups in total. The fraction of sp³-hybridized carbons (Fsp3) is 0.500. The number of aliphatic hydroxyl groups excluding tert-OH is 2. The Morgan fingerprint density at radius 1 is 1.41 bits per heavy atom. The summed E-state index contributed by atoms with van der Waals surface area (Å²) in [5.74, 6) is 0.254. The van der Waals surface area contributed by atoms with E-state index in [1.54, 1.807) is 22.9 Å². The molecule has 1 saturated heterocycles. The molecule has 3 heterocycles. The fourth-order valence-electron chi connectivity index (χ4n) is 4.64. The average molecular weight is 518 g/mol. The molecule has 1 unspecified atom stereocenters. The largest absolute Gasteiger partial charge is 0.497 e. The number of H-pyrrole nitrogens is 1. The number of nitrogens with zero attached hydrogens (tertiary/aromatic N) is 3. The van der Waals surface area contributed by atoms with Crippen molar-refractivity contribution in [2.24, 2.45) is 5.41 Å². The number of benzene rings is 1. The van der Waals surface area contributed by atoms with Crippen LogP contribution in [0.2, 0.25) is 0 Å². The summed E-state index contributed by atoms with van der Waals surface area (Å²) in [6, 6.07) is 4.59. The molecule has 37 heavy (non-hydrogen) atoms. The van der Waals surface area contributed by atoms with E-state index in [1.165, 1.54) is 13.2 Å². The first-order chi connectivity index (χ1) is 17.4. The number of hydrogen-bond donors (Lipinski definition) is 4. The van der Waals surface area contributed by atoms with Crippen LogP contribution in [0.5, 0.6) is 5.75 Å². The maximum absolute atomic E-state index is 12.9. The van der Waals surface area contributed by atoms with Gasteiger partial charge in [0, 0.05) is 18.2 Å². The smallest absolute Gasteiger partial charge is 0.278 e. The van der Waals surface area contributed by atoms with E-state index in [2.05, 4.69) is 9.97 Å². The van der Waals surface area contributed by atoms with E-state index in [4.69, 9.17) is 19.9 Å². The number of anilines is 1. The van der Waals surface area contributed by atoms with Gasteiger partial charge in [-0.3, -0.25) is 19.9 Å². The predicted octanol–water partition coefficient (Wildman–Crippen LogP) is 2.17. The van der Waals surface area contributed by atoms with Crippen molar-refractivity contribution < 1.29 is 29.3 Å². The molecule has 0 spiro atoms. The zero-order chi connectivity index (χ0) is 27.1. The molecule has 0 amide bonds. The lowest BCUT2D eigenvalue weighted by molar-refractivity contribution is -0.386. The standard InChI is InChI=1S/C24H31N5O8/c1-24(2,3)20(14-6-5-13(35-4)7-15(14)29(33)34)36-11-12-9-28(18-8-16(31)17(10-30)37-18)21-19(12)22(32)27-23(25)26-21/h5-7,9,16-18,20,30-31H,8,10-11H2,1-4H3,(H3,25,26,27,32)/t16-,17-,18-,20?/m1/s1. The highest BCUT2D eigenvalue weighted by molar-refractivity contribution is 5.80. The van der Waals surface area contributed by atoms with Gasteiger partial charge in [-0.15, -0.1) is 0 Å². The summed E-state index contributed by atoms with van der Waals surface area (Å²) in [5, 5.41) is 31.7. The van der Waals surface area contributed by atoms with Crippen molar-refractivity contribution in [2.75, 3.05) is 19.5 Å². The van der Waals surface area contributed by atoms with Crippen molar-refractivity contribution in [1.29, 1.82) is 0 Å². The summed E-state index contributed by atoms with van der Waals surface area (Å²) in [5.41, 5.74) is 5.67. The Labute approximate surface area is 211 Å². The fourth-order valence-corrected chi connectivity index (χ4v) is 4.64. The molecule has 2 aromatic heterocycles. The Morgan fingerprint density at radius 2 is 2.14 bits per heavy atom. The molecule has 0 aliphatic carbocycles. The molecule has 0 radical (unpaired) electrons. The molecule has 1 aliphatic heterocycles. The van der Waals surface area contributed by atoms with Gasteiger partial charge in [0.15, 0.2) is 5.65 Å². The molecule has 0 bridgehead atoms. The van der Waals surface area contributed by atoms with E-state index in [0.29, 0.717) is 16.9 Å². The minimum Gasteiger partial charge on any atom is -0.497 e. The summed E-state index contributed by atoms with van der Waals surface area (Å²) in [6.45, 7) is 5.24. The SMILES string of the molecule is COc1ccc(C(OCc2cn([C@H]3C[C@@H](O)[C@@H](CO)O3)c3nc(N)[nH]c(=O)c23)C(C)(C)C)c([N+](=O)[O-])c1. The third kappa shape index (κ3) is 5.16. The minimum atomic E-state index is -0.896. The Kier molecular flexibility index (Phi) is 7.24. The summed E-state index contributed by atoms with van der Waals surface area (Å²) >= 11 is 0. The second-order valence-corrected chi connectivity index (χ2v) is 10.1. The zero-order valence-electron chi connectivity index (χ0n) is 21.0. The third-order valence-corrected chi connectivity index (χ3v) is 6.38.